The normalized spacial score (nSPS) is 15.8. The lowest BCUT2D eigenvalue weighted by molar-refractivity contribution is 0.102. The van der Waals surface area contributed by atoms with Gasteiger partial charge in [0.15, 0.2) is 0 Å². The van der Waals surface area contributed by atoms with Gasteiger partial charge in [-0.05, 0) is 56.0 Å². The fourth-order valence-electron chi connectivity index (χ4n) is 3.46. The Labute approximate surface area is 171 Å². The van der Waals surface area contributed by atoms with E-state index in [0.29, 0.717) is 13.1 Å². The molecule has 0 radical (unpaired) electrons. The van der Waals surface area contributed by atoms with Crippen LogP contribution in [0, 0.1) is 13.8 Å². The Balaban J connectivity index is 1.91. The number of hydrogen-bond donors (Lipinski definition) is 1. The first-order valence-corrected chi connectivity index (χ1v) is 11.3. The van der Waals surface area contributed by atoms with Crippen LogP contribution in [0.2, 0.25) is 5.02 Å². The molecule has 1 N–H and O–H groups in total. The third-order valence-electron chi connectivity index (χ3n) is 5.10. The van der Waals surface area contributed by atoms with Gasteiger partial charge in [0, 0.05) is 24.3 Å². The number of carbonyl (C=O) groups is 1. The zero-order chi connectivity index (χ0) is 20.3. The molecule has 1 aliphatic rings. The number of para-hydroxylation sites is 1. The van der Waals surface area contributed by atoms with E-state index in [2.05, 4.69) is 5.32 Å². The number of nitrogens with one attached hydrogen (secondary N) is 1. The number of aryl methyl sites for hydroxylation is 2. The van der Waals surface area contributed by atoms with Crippen LogP contribution in [0.5, 0.6) is 0 Å². The first-order valence-electron chi connectivity index (χ1n) is 9.48. The zero-order valence-electron chi connectivity index (χ0n) is 16.2. The number of benzene rings is 2. The number of hydrogen-bond acceptors (Lipinski definition) is 3. The van der Waals surface area contributed by atoms with Crippen molar-refractivity contribution in [3.63, 3.8) is 0 Å². The predicted molar refractivity (Wildman–Crippen MR) is 113 cm³/mol. The van der Waals surface area contributed by atoms with Crippen molar-refractivity contribution in [2.24, 2.45) is 0 Å². The van der Waals surface area contributed by atoms with E-state index >= 15 is 0 Å². The summed E-state index contributed by atoms with van der Waals surface area (Å²) in [7, 11) is -3.74. The van der Waals surface area contributed by atoms with Gasteiger partial charge in [-0.25, -0.2) is 8.42 Å². The molecule has 1 amide bonds. The summed E-state index contributed by atoms with van der Waals surface area (Å²) in [5.41, 5.74) is 2.89. The van der Waals surface area contributed by atoms with Gasteiger partial charge in [-0.2, -0.15) is 4.31 Å². The smallest absolute Gasteiger partial charge is 0.255 e. The molecule has 0 aliphatic carbocycles. The second kappa shape index (κ2) is 8.64. The minimum absolute atomic E-state index is 0.00905. The van der Waals surface area contributed by atoms with Crippen LogP contribution < -0.4 is 5.32 Å². The lowest BCUT2D eigenvalue weighted by Crippen LogP contribution is -2.32. The highest BCUT2D eigenvalue weighted by atomic mass is 35.5. The topological polar surface area (TPSA) is 66.5 Å². The summed E-state index contributed by atoms with van der Waals surface area (Å²) in [5, 5.41) is 3.02. The van der Waals surface area contributed by atoms with Crippen LogP contribution in [-0.4, -0.2) is 31.7 Å². The molecule has 1 saturated heterocycles. The Bertz CT molecular complexity index is 961. The second-order valence-corrected chi connectivity index (χ2v) is 9.50. The maximum Gasteiger partial charge on any atom is 0.255 e. The zero-order valence-corrected chi connectivity index (χ0v) is 17.7. The highest BCUT2D eigenvalue weighted by Crippen LogP contribution is 2.28. The first kappa shape index (κ1) is 20.8. The van der Waals surface area contributed by atoms with E-state index in [1.54, 1.807) is 6.07 Å². The monoisotopic (exact) mass is 420 g/mol. The molecule has 28 heavy (non-hydrogen) atoms. The Kier molecular flexibility index (Phi) is 6.43. The summed E-state index contributed by atoms with van der Waals surface area (Å²) in [5.74, 6) is -0.360. The molecule has 1 aliphatic heterocycles. The van der Waals surface area contributed by atoms with Gasteiger partial charge in [-0.1, -0.05) is 42.6 Å². The van der Waals surface area contributed by atoms with Crippen LogP contribution in [0.1, 0.15) is 47.2 Å². The van der Waals surface area contributed by atoms with Crippen LogP contribution in [-0.2, 0) is 10.0 Å². The van der Waals surface area contributed by atoms with Gasteiger partial charge in [-0.15, -0.1) is 0 Å². The molecule has 5 nitrogen and oxygen atoms in total. The molecule has 0 saturated carbocycles. The molecular formula is C21H25ClN2O3S. The average molecular weight is 421 g/mol. The lowest BCUT2D eigenvalue weighted by Gasteiger charge is -2.21. The van der Waals surface area contributed by atoms with Gasteiger partial charge in [0.2, 0.25) is 10.0 Å². The molecule has 0 unspecified atom stereocenters. The van der Waals surface area contributed by atoms with E-state index in [4.69, 9.17) is 11.6 Å². The third kappa shape index (κ3) is 4.40. The molecule has 0 spiro atoms. The maximum absolute atomic E-state index is 13.1. The van der Waals surface area contributed by atoms with E-state index in [-0.39, 0.29) is 21.4 Å². The molecule has 0 aromatic heterocycles. The van der Waals surface area contributed by atoms with E-state index in [9.17, 15) is 13.2 Å². The van der Waals surface area contributed by atoms with E-state index in [0.717, 1.165) is 42.5 Å². The fraction of sp³-hybridized carbons (Fsp3) is 0.381. The van der Waals surface area contributed by atoms with Gasteiger partial charge in [0.1, 0.15) is 4.90 Å². The largest absolute Gasteiger partial charge is 0.322 e. The number of halogens is 1. The molecule has 0 atom stereocenters. The Morgan fingerprint density at radius 1 is 1.00 bits per heavy atom. The minimum Gasteiger partial charge on any atom is -0.322 e. The van der Waals surface area contributed by atoms with Crippen molar-refractivity contribution in [1.82, 2.24) is 4.31 Å². The first-order chi connectivity index (χ1) is 13.3. The number of anilines is 1. The second-order valence-electron chi connectivity index (χ2n) is 7.18. The predicted octanol–water partition coefficient (Wildman–Crippen LogP) is 4.77. The number of rotatable bonds is 4. The molecule has 2 aromatic carbocycles. The number of carbonyl (C=O) groups excluding carboxylic acids is 1. The van der Waals surface area contributed by atoms with Crippen LogP contribution in [0.25, 0.3) is 0 Å². The van der Waals surface area contributed by atoms with Crippen molar-refractivity contribution in [2.75, 3.05) is 18.4 Å². The summed E-state index contributed by atoms with van der Waals surface area (Å²) in [6.07, 6.45) is 3.73. The van der Waals surface area contributed by atoms with Crippen molar-refractivity contribution in [2.45, 2.75) is 44.4 Å². The molecule has 3 rings (SSSR count). The molecule has 7 heteroatoms. The molecule has 0 bridgehead atoms. The average Bonchev–Trinajstić information content (AvgIpc) is 2.95. The SMILES string of the molecule is Cc1cccc(C)c1NC(=O)c1ccc(Cl)c(S(=O)(=O)N2CCCCCC2)c1. The molecule has 150 valence electrons. The maximum atomic E-state index is 13.1. The van der Waals surface area contributed by atoms with Gasteiger partial charge in [0.05, 0.1) is 5.02 Å². The van der Waals surface area contributed by atoms with Gasteiger partial charge in [0.25, 0.3) is 5.91 Å². The van der Waals surface area contributed by atoms with E-state index < -0.39 is 10.0 Å². The van der Waals surface area contributed by atoms with Crippen LogP contribution in [0.15, 0.2) is 41.3 Å². The Morgan fingerprint density at radius 3 is 2.21 bits per heavy atom. The third-order valence-corrected chi connectivity index (χ3v) is 7.48. The standard InChI is InChI=1S/C21H25ClN2O3S/c1-15-8-7-9-16(2)20(15)23-21(25)17-10-11-18(22)19(14-17)28(26,27)24-12-5-3-4-6-13-24/h7-11,14H,3-6,12-13H2,1-2H3,(H,23,25). The summed E-state index contributed by atoms with van der Waals surface area (Å²) in [4.78, 5) is 12.8. The van der Waals surface area contributed by atoms with Crippen LogP contribution in [0.4, 0.5) is 5.69 Å². The van der Waals surface area contributed by atoms with Crippen molar-refractivity contribution in [3.8, 4) is 0 Å². The van der Waals surface area contributed by atoms with Crippen molar-refractivity contribution < 1.29 is 13.2 Å². The summed E-state index contributed by atoms with van der Waals surface area (Å²) in [6.45, 7) is 4.80. The Hall–Kier alpha value is -1.89. The van der Waals surface area contributed by atoms with Crippen LogP contribution >= 0.6 is 11.6 Å². The van der Waals surface area contributed by atoms with Gasteiger partial charge < -0.3 is 5.32 Å². The lowest BCUT2D eigenvalue weighted by atomic mass is 10.1. The quantitative estimate of drug-likeness (QED) is 0.774. The van der Waals surface area contributed by atoms with Gasteiger partial charge in [-0.3, -0.25) is 4.79 Å². The highest BCUT2D eigenvalue weighted by Gasteiger charge is 2.28. The molecular weight excluding hydrogens is 396 g/mol. The van der Waals surface area contributed by atoms with E-state index in [1.807, 2.05) is 32.0 Å². The summed E-state index contributed by atoms with van der Waals surface area (Å²) in [6, 6.07) is 10.2. The number of sulfonamides is 1. The highest BCUT2D eigenvalue weighted by molar-refractivity contribution is 7.89. The number of nitrogens with zero attached hydrogens (tertiary/aromatic N) is 1. The minimum atomic E-state index is -3.74. The molecule has 2 aromatic rings. The van der Waals surface area contributed by atoms with Crippen molar-refractivity contribution in [3.05, 3.63) is 58.1 Å². The van der Waals surface area contributed by atoms with Crippen molar-refractivity contribution in [1.29, 1.82) is 0 Å². The Morgan fingerprint density at radius 2 is 1.61 bits per heavy atom. The molecule has 1 fully saturated rings. The van der Waals surface area contributed by atoms with Crippen LogP contribution in [0.3, 0.4) is 0 Å². The summed E-state index contributed by atoms with van der Waals surface area (Å²) >= 11 is 6.22. The molecule has 1 heterocycles. The fourth-order valence-corrected chi connectivity index (χ4v) is 5.48. The number of amides is 1. The van der Waals surface area contributed by atoms with E-state index in [1.165, 1.54) is 16.4 Å². The summed E-state index contributed by atoms with van der Waals surface area (Å²) < 4.78 is 27.7. The van der Waals surface area contributed by atoms with Gasteiger partial charge >= 0.3 is 0 Å². The van der Waals surface area contributed by atoms with Crippen molar-refractivity contribution >= 4 is 33.2 Å².